The topological polar surface area (TPSA) is 60.3 Å². The van der Waals surface area contributed by atoms with Gasteiger partial charge in [-0.1, -0.05) is 19.9 Å². The molecule has 1 fully saturated rings. The molecular formula is C19H26N4O2. The smallest absolute Gasteiger partial charge is 0.257 e. The van der Waals surface area contributed by atoms with Gasteiger partial charge < -0.3 is 9.64 Å². The third kappa shape index (κ3) is 4.18. The molecule has 25 heavy (non-hydrogen) atoms. The molecule has 1 unspecified atom stereocenters. The molecule has 0 radical (unpaired) electrons. The lowest BCUT2D eigenvalue weighted by atomic mass is 10.1. The molecule has 0 saturated carbocycles. The summed E-state index contributed by atoms with van der Waals surface area (Å²) >= 11 is 0. The third-order valence-electron chi connectivity index (χ3n) is 4.61. The van der Waals surface area contributed by atoms with Crippen molar-refractivity contribution < 1.29 is 9.53 Å². The van der Waals surface area contributed by atoms with E-state index in [1.807, 2.05) is 34.7 Å². The van der Waals surface area contributed by atoms with Gasteiger partial charge >= 0.3 is 0 Å². The Morgan fingerprint density at radius 3 is 2.96 bits per heavy atom. The quantitative estimate of drug-likeness (QED) is 0.810. The number of aromatic nitrogens is 3. The Bertz CT molecular complexity index is 711. The number of hydrogen-bond acceptors (Lipinski definition) is 4. The number of rotatable bonds is 6. The van der Waals surface area contributed by atoms with E-state index >= 15 is 0 Å². The van der Waals surface area contributed by atoms with Crippen molar-refractivity contribution in [3.05, 3.63) is 41.9 Å². The summed E-state index contributed by atoms with van der Waals surface area (Å²) in [5.41, 5.74) is 1.64. The van der Waals surface area contributed by atoms with Crippen LogP contribution in [0.15, 0.2) is 30.6 Å². The summed E-state index contributed by atoms with van der Waals surface area (Å²) in [5, 5.41) is 4.39. The van der Waals surface area contributed by atoms with Crippen LogP contribution < -0.4 is 4.74 Å². The summed E-state index contributed by atoms with van der Waals surface area (Å²) in [5.74, 6) is 1.27. The van der Waals surface area contributed by atoms with Crippen LogP contribution in [-0.4, -0.2) is 44.8 Å². The van der Waals surface area contributed by atoms with E-state index in [1.54, 1.807) is 12.4 Å². The summed E-state index contributed by atoms with van der Waals surface area (Å²) in [6.07, 6.45) is 5.28. The fourth-order valence-electron chi connectivity index (χ4n) is 3.03. The zero-order valence-electron chi connectivity index (χ0n) is 15.2. The minimum atomic E-state index is -0.00450. The van der Waals surface area contributed by atoms with Gasteiger partial charge in [0.2, 0.25) is 5.88 Å². The number of likely N-dealkylation sites (tertiary alicyclic amines) is 1. The maximum atomic E-state index is 12.8. The van der Waals surface area contributed by atoms with Crippen LogP contribution in [0.1, 0.15) is 42.7 Å². The molecule has 0 spiro atoms. The summed E-state index contributed by atoms with van der Waals surface area (Å²) in [4.78, 5) is 18.9. The molecule has 2 aromatic heterocycles. The normalized spacial score (nSPS) is 17.3. The molecule has 1 saturated heterocycles. The average molecular weight is 342 g/mol. The monoisotopic (exact) mass is 342 g/mol. The molecule has 6 nitrogen and oxygen atoms in total. The van der Waals surface area contributed by atoms with E-state index in [9.17, 15) is 4.79 Å². The van der Waals surface area contributed by atoms with E-state index in [-0.39, 0.29) is 12.0 Å². The number of nitrogens with zero attached hydrogens (tertiary/aromatic N) is 4. The highest BCUT2D eigenvalue weighted by Gasteiger charge is 2.30. The van der Waals surface area contributed by atoms with E-state index in [4.69, 9.17) is 4.74 Å². The van der Waals surface area contributed by atoms with Gasteiger partial charge in [-0.25, -0.2) is 4.98 Å². The average Bonchev–Trinajstić information content (AvgIpc) is 3.20. The van der Waals surface area contributed by atoms with Gasteiger partial charge in [0.15, 0.2) is 0 Å². The molecule has 0 aromatic carbocycles. The minimum absolute atomic E-state index is 0.00450. The number of hydrogen-bond donors (Lipinski definition) is 0. The van der Waals surface area contributed by atoms with Crippen LogP contribution in [0.2, 0.25) is 0 Å². The largest absolute Gasteiger partial charge is 0.472 e. The van der Waals surface area contributed by atoms with E-state index in [2.05, 4.69) is 23.9 Å². The van der Waals surface area contributed by atoms with Gasteiger partial charge in [0.05, 0.1) is 18.3 Å². The number of carbonyl (C=O) groups is 1. The standard InChI is InChI=1S/C19H26N4O2/c1-14(2)7-11-23-15(3)17(12-21-23)19(24)22-10-8-16(13-22)25-18-6-4-5-9-20-18/h4-6,9,12,14,16H,7-8,10-11,13H2,1-3H3. The molecule has 3 rings (SSSR count). The highest BCUT2D eigenvalue weighted by molar-refractivity contribution is 5.95. The first-order valence-corrected chi connectivity index (χ1v) is 8.94. The van der Waals surface area contributed by atoms with Gasteiger partial charge in [-0.05, 0) is 25.3 Å². The van der Waals surface area contributed by atoms with Gasteiger partial charge in [0.25, 0.3) is 5.91 Å². The number of aryl methyl sites for hydroxylation is 1. The predicted octanol–water partition coefficient (Wildman–Crippen LogP) is 2.93. The second-order valence-corrected chi connectivity index (χ2v) is 7.00. The van der Waals surface area contributed by atoms with Gasteiger partial charge in [-0.2, -0.15) is 5.10 Å². The summed E-state index contributed by atoms with van der Waals surface area (Å²) in [7, 11) is 0. The summed E-state index contributed by atoms with van der Waals surface area (Å²) in [6.45, 7) is 8.49. The second kappa shape index (κ2) is 7.68. The Morgan fingerprint density at radius 2 is 2.24 bits per heavy atom. The SMILES string of the molecule is Cc1c(C(=O)N2CCC(Oc3ccccn3)C2)cnn1CCC(C)C. The van der Waals surface area contributed by atoms with E-state index < -0.39 is 0 Å². The Kier molecular flexibility index (Phi) is 5.36. The predicted molar refractivity (Wildman–Crippen MR) is 95.6 cm³/mol. The van der Waals surface area contributed by atoms with Crippen molar-refractivity contribution in [3.8, 4) is 5.88 Å². The lowest BCUT2D eigenvalue weighted by Crippen LogP contribution is -2.31. The molecule has 2 aromatic rings. The first-order valence-electron chi connectivity index (χ1n) is 8.94. The van der Waals surface area contributed by atoms with E-state index in [0.717, 1.165) is 25.1 Å². The van der Waals surface area contributed by atoms with Crippen molar-refractivity contribution in [3.63, 3.8) is 0 Å². The Labute approximate surface area is 148 Å². The first-order chi connectivity index (χ1) is 12.0. The van der Waals surface area contributed by atoms with Crippen molar-refractivity contribution in [2.75, 3.05) is 13.1 Å². The van der Waals surface area contributed by atoms with Gasteiger partial charge in [0, 0.05) is 37.5 Å². The molecule has 0 aliphatic carbocycles. The Balaban J connectivity index is 1.60. The number of ether oxygens (including phenoxy) is 1. The molecule has 1 amide bonds. The van der Waals surface area contributed by atoms with Crippen molar-refractivity contribution in [2.45, 2.75) is 46.3 Å². The van der Waals surface area contributed by atoms with Crippen molar-refractivity contribution in [1.82, 2.24) is 19.7 Å². The van der Waals surface area contributed by atoms with Crippen molar-refractivity contribution in [2.24, 2.45) is 5.92 Å². The Morgan fingerprint density at radius 1 is 1.40 bits per heavy atom. The first kappa shape index (κ1) is 17.5. The van der Waals surface area contributed by atoms with Gasteiger partial charge in [0.1, 0.15) is 6.10 Å². The molecule has 3 heterocycles. The van der Waals surface area contributed by atoms with E-state index in [0.29, 0.717) is 30.5 Å². The molecule has 1 aliphatic rings. The van der Waals surface area contributed by atoms with Crippen LogP contribution in [0.4, 0.5) is 0 Å². The van der Waals surface area contributed by atoms with Crippen LogP contribution >= 0.6 is 0 Å². The molecular weight excluding hydrogens is 316 g/mol. The highest BCUT2D eigenvalue weighted by atomic mass is 16.5. The van der Waals surface area contributed by atoms with Crippen LogP contribution in [0.25, 0.3) is 0 Å². The van der Waals surface area contributed by atoms with Gasteiger partial charge in [-0.15, -0.1) is 0 Å². The van der Waals surface area contributed by atoms with Crippen LogP contribution in [0, 0.1) is 12.8 Å². The zero-order chi connectivity index (χ0) is 17.8. The Hall–Kier alpha value is -2.37. The van der Waals surface area contributed by atoms with Crippen LogP contribution in [0.5, 0.6) is 5.88 Å². The lowest BCUT2D eigenvalue weighted by molar-refractivity contribution is 0.0770. The number of amides is 1. The number of carbonyl (C=O) groups excluding carboxylic acids is 1. The molecule has 1 atom stereocenters. The van der Waals surface area contributed by atoms with Gasteiger partial charge in [-0.3, -0.25) is 9.48 Å². The third-order valence-corrected chi connectivity index (χ3v) is 4.61. The fourth-order valence-corrected chi connectivity index (χ4v) is 3.03. The lowest BCUT2D eigenvalue weighted by Gasteiger charge is -2.17. The van der Waals surface area contributed by atoms with E-state index in [1.165, 1.54) is 0 Å². The maximum Gasteiger partial charge on any atom is 0.257 e. The minimum Gasteiger partial charge on any atom is -0.472 e. The second-order valence-electron chi connectivity index (χ2n) is 7.00. The highest BCUT2D eigenvalue weighted by Crippen LogP contribution is 2.20. The molecule has 0 N–H and O–H groups in total. The van der Waals surface area contributed by atoms with Crippen LogP contribution in [-0.2, 0) is 6.54 Å². The molecule has 134 valence electrons. The summed E-state index contributed by atoms with van der Waals surface area (Å²) in [6, 6.07) is 5.60. The summed E-state index contributed by atoms with van der Waals surface area (Å²) < 4.78 is 7.80. The zero-order valence-corrected chi connectivity index (χ0v) is 15.2. The molecule has 0 bridgehead atoms. The van der Waals surface area contributed by atoms with Crippen molar-refractivity contribution in [1.29, 1.82) is 0 Å². The maximum absolute atomic E-state index is 12.8. The van der Waals surface area contributed by atoms with Crippen molar-refractivity contribution >= 4 is 5.91 Å². The molecule has 1 aliphatic heterocycles. The number of pyridine rings is 1. The van der Waals surface area contributed by atoms with Crippen LogP contribution in [0.3, 0.4) is 0 Å². The fraction of sp³-hybridized carbons (Fsp3) is 0.526. The molecule has 6 heteroatoms.